The average Bonchev–Trinajstić information content (AvgIpc) is 2.51. The van der Waals surface area contributed by atoms with E-state index in [-0.39, 0.29) is 17.1 Å². The van der Waals surface area contributed by atoms with Gasteiger partial charge in [0.2, 0.25) is 0 Å². The maximum absolute atomic E-state index is 13.1. The zero-order valence-corrected chi connectivity index (χ0v) is 13.1. The maximum Gasteiger partial charge on any atom is 0.319 e. The van der Waals surface area contributed by atoms with E-state index in [2.05, 4.69) is 10.6 Å². The van der Waals surface area contributed by atoms with Gasteiger partial charge in [0.25, 0.3) is 0 Å². The van der Waals surface area contributed by atoms with Gasteiger partial charge in [-0.25, -0.2) is 13.6 Å². The molecule has 0 spiro atoms. The van der Waals surface area contributed by atoms with Gasteiger partial charge in [0.15, 0.2) is 11.6 Å². The number of aliphatic hydroxyl groups excluding tert-OH is 1. The number of rotatable bonds is 4. The van der Waals surface area contributed by atoms with Crippen LogP contribution in [0.4, 0.5) is 19.3 Å². The molecule has 2 amide bonds. The quantitative estimate of drug-likeness (QED) is 0.767. The van der Waals surface area contributed by atoms with E-state index >= 15 is 0 Å². The average molecular weight is 361 g/mol. The summed E-state index contributed by atoms with van der Waals surface area (Å²) in [5.74, 6) is -2.08. The second-order valence-electron chi connectivity index (χ2n) is 4.65. The highest BCUT2D eigenvalue weighted by Gasteiger charge is 2.12. The van der Waals surface area contributed by atoms with Gasteiger partial charge in [-0.1, -0.05) is 29.3 Å². The van der Waals surface area contributed by atoms with Crippen LogP contribution in [0, 0.1) is 11.6 Å². The van der Waals surface area contributed by atoms with Crippen LogP contribution in [0.15, 0.2) is 36.4 Å². The second-order valence-corrected chi connectivity index (χ2v) is 5.47. The minimum atomic E-state index is -1.18. The fraction of sp³-hybridized carbons (Fsp3) is 0.133. The van der Waals surface area contributed by atoms with Crippen molar-refractivity contribution >= 4 is 34.9 Å². The fourth-order valence-corrected chi connectivity index (χ4v) is 2.07. The summed E-state index contributed by atoms with van der Waals surface area (Å²) in [6.07, 6.45) is -1.18. The van der Waals surface area contributed by atoms with E-state index in [0.29, 0.717) is 10.7 Å². The summed E-state index contributed by atoms with van der Waals surface area (Å²) < 4.78 is 25.9. The number of nitrogens with one attached hydrogen (secondary N) is 2. The van der Waals surface area contributed by atoms with Crippen LogP contribution in [-0.2, 0) is 0 Å². The highest BCUT2D eigenvalue weighted by molar-refractivity contribution is 6.42. The molecule has 8 heteroatoms. The standard InChI is InChI=1S/C15H12Cl2F2N2O2/c16-10-3-2-9(6-11(10)17)21-15(23)20-7-14(22)8-1-4-12(18)13(19)5-8/h1-6,14,22H,7H2,(H2,20,21,23)/t14-/m1/s1. The Morgan fingerprint density at radius 1 is 1.09 bits per heavy atom. The zero-order valence-electron chi connectivity index (χ0n) is 11.6. The fourth-order valence-electron chi connectivity index (χ4n) is 1.78. The number of urea groups is 1. The highest BCUT2D eigenvalue weighted by atomic mass is 35.5. The Hall–Kier alpha value is -1.89. The van der Waals surface area contributed by atoms with Crippen molar-refractivity contribution in [2.75, 3.05) is 11.9 Å². The van der Waals surface area contributed by atoms with Gasteiger partial charge in [-0.2, -0.15) is 0 Å². The maximum atomic E-state index is 13.1. The molecule has 0 aliphatic carbocycles. The molecule has 2 rings (SSSR count). The number of aliphatic hydroxyl groups is 1. The second kappa shape index (κ2) is 7.59. The van der Waals surface area contributed by atoms with E-state index in [9.17, 15) is 18.7 Å². The third-order valence-electron chi connectivity index (χ3n) is 2.96. The lowest BCUT2D eigenvalue weighted by Crippen LogP contribution is -2.32. The summed E-state index contributed by atoms with van der Waals surface area (Å²) in [6.45, 7) is -0.182. The molecule has 0 fully saturated rings. The highest BCUT2D eigenvalue weighted by Crippen LogP contribution is 2.25. The monoisotopic (exact) mass is 360 g/mol. The molecule has 0 unspecified atom stereocenters. The molecular weight excluding hydrogens is 349 g/mol. The number of benzene rings is 2. The van der Waals surface area contributed by atoms with Crippen LogP contribution in [0.25, 0.3) is 0 Å². The first kappa shape index (κ1) is 17.5. The number of hydrogen-bond donors (Lipinski definition) is 3. The first-order chi connectivity index (χ1) is 10.9. The van der Waals surface area contributed by atoms with Crippen LogP contribution in [0.5, 0.6) is 0 Å². The molecule has 1 atom stereocenters. The first-order valence-electron chi connectivity index (χ1n) is 6.49. The summed E-state index contributed by atoms with van der Waals surface area (Å²) in [6, 6.07) is 6.97. The molecule has 3 N–H and O–H groups in total. The van der Waals surface area contributed by atoms with Crippen molar-refractivity contribution in [3.05, 3.63) is 63.6 Å². The normalized spacial score (nSPS) is 11.9. The molecule has 0 radical (unpaired) electrons. The Bertz CT molecular complexity index is 729. The van der Waals surface area contributed by atoms with E-state index in [1.807, 2.05) is 0 Å². The summed E-state index contributed by atoms with van der Waals surface area (Å²) >= 11 is 11.6. The van der Waals surface area contributed by atoms with Crippen LogP contribution >= 0.6 is 23.2 Å². The predicted molar refractivity (Wildman–Crippen MR) is 84.8 cm³/mol. The summed E-state index contributed by atoms with van der Waals surface area (Å²) in [5.41, 5.74) is 0.568. The molecule has 0 saturated carbocycles. The lowest BCUT2D eigenvalue weighted by atomic mass is 10.1. The molecule has 0 aromatic heterocycles. The first-order valence-corrected chi connectivity index (χ1v) is 7.25. The molecule has 4 nitrogen and oxygen atoms in total. The number of anilines is 1. The number of carbonyl (C=O) groups is 1. The van der Waals surface area contributed by atoms with Gasteiger partial charge in [0, 0.05) is 12.2 Å². The molecule has 0 aliphatic rings. The summed E-state index contributed by atoms with van der Waals surface area (Å²) in [4.78, 5) is 11.7. The van der Waals surface area contributed by atoms with Crippen LogP contribution in [-0.4, -0.2) is 17.7 Å². The van der Waals surface area contributed by atoms with Gasteiger partial charge in [-0.05, 0) is 35.9 Å². The minimum Gasteiger partial charge on any atom is -0.387 e. The van der Waals surface area contributed by atoms with Gasteiger partial charge in [0.05, 0.1) is 16.1 Å². The predicted octanol–water partition coefficient (Wildman–Crippen LogP) is 4.13. The van der Waals surface area contributed by atoms with E-state index in [1.165, 1.54) is 18.2 Å². The van der Waals surface area contributed by atoms with Crippen molar-refractivity contribution in [2.45, 2.75) is 6.10 Å². The number of hydrogen-bond acceptors (Lipinski definition) is 2. The molecular formula is C15H12Cl2F2N2O2. The van der Waals surface area contributed by atoms with Crippen molar-refractivity contribution < 1.29 is 18.7 Å². The van der Waals surface area contributed by atoms with Crippen molar-refractivity contribution in [3.63, 3.8) is 0 Å². The number of amides is 2. The Morgan fingerprint density at radius 3 is 2.48 bits per heavy atom. The largest absolute Gasteiger partial charge is 0.387 e. The molecule has 122 valence electrons. The van der Waals surface area contributed by atoms with E-state index in [1.54, 1.807) is 6.07 Å². The Morgan fingerprint density at radius 2 is 1.83 bits per heavy atom. The molecule has 0 aliphatic heterocycles. The van der Waals surface area contributed by atoms with E-state index in [0.717, 1.165) is 12.1 Å². The topological polar surface area (TPSA) is 61.4 Å². The van der Waals surface area contributed by atoms with Crippen LogP contribution in [0.2, 0.25) is 10.0 Å². The minimum absolute atomic E-state index is 0.152. The van der Waals surface area contributed by atoms with Gasteiger partial charge in [-0.15, -0.1) is 0 Å². The lowest BCUT2D eigenvalue weighted by Gasteiger charge is -2.13. The molecule has 23 heavy (non-hydrogen) atoms. The molecule has 0 heterocycles. The van der Waals surface area contributed by atoms with Crippen LogP contribution in [0.3, 0.4) is 0 Å². The molecule has 0 saturated heterocycles. The van der Waals surface area contributed by atoms with Gasteiger partial charge in [-0.3, -0.25) is 0 Å². The molecule has 2 aromatic carbocycles. The van der Waals surface area contributed by atoms with Gasteiger partial charge < -0.3 is 15.7 Å². The summed E-state index contributed by atoms with van der Waals surface area (Å²) in [7, 11) is 0. The van der Waals surface area contributed by atoms with Crippen LogP contribution in [0.1, 0.15) is 11.7 Å². The van der Waals surface area contributed by atoms with Gasteiger partial charge >= 0.3 is 6.03 Å². The van der Waals surface area contributed by atoms with Crippen molar-refractivity contribution in [3.8, 4) is 0 Å². The third kappa shape index (κ3) is 4.79. The lowest BCUT2D eigenvalue weighted by molar-refractivity contribution is 0.174. The number of carbonyl (C=O) groups excluding carboxylic acids is 1. The SMILES string of the molecule is O=C(NC[C@@H](O)c1ccc(F)c(F)c1)Nc1ccc(Cl)c(Cl)c1. The third-order valence-corrected chi connectivity index (χ3v) is 3.70. The molecule has 2 aromatic rings. The number of halogens is 4. The zero-order chi connectivity index (χ0) is 17.0. The van der Waals surface area contributed by atoms with E-state index in [4.69, 9.17) is 23.2 Å². The Labute approximate surface area is 141 Å². The van der Waals surface area contributed by atoms with Crippen molar-refractivity contribution in [1.82, 2.24) is 5.32 Å². The van der Waals surface area contributed by atoms with Crippen molar-refractivity contribution in [1.29, 1.82) is 0 Å². The molecule has 0 bridgehead atoms. The Balaban J connectivity index is 1.90. The smallest absolute Gasteiger partial charge is 0.319 e. The summed E-state index contributed by atoms with van der Waals surface area (Å²) in [5, 5.41) is 15.4. The van der Waals surface area contributed by atoms with Crippen molar-refractivity contribution in [2.24, 2.45) is 0 Å². The van der Waals surface area contributed by atoms with Crippen LogP contribution < -0.4 is 10.6 Å². The van der Waals surface area contributed by atoms with E-state index < -0.39 is 23.8 Å². The Kier molecular flexibility index (Phi) is 5.76. The van der Waals surface area contributed by atoms with Gasteiger partial charge in [0.1, 0.15) is 0 Å².